The number of sulfone groups is 1. The van der Waals surface area contributed by atoms with Crippen LogP contribution in [0, 0.1) is 0 Å². The molecule has 1 atom stereocenters. The number of nitrogens with one attached hydrogen (secondary N) is 1. The number of hydrogen-bond donors (Lipinski definition) is 2. The molecular weight excluding hydrogens is 306 g/mol. The first-order valence-electron chi connectivity index (χ1n) is 7.11. The van der Waals surface area contributed by atoms with Crippen molar-refractivity contribution < 1.29 is 13.5 Å². The zero-order chi connectivity index (χ0) is 16.5. The Morgan fingerprint density at radius 2 is 2.05 bits per heavy atom. The van der Waals surface area contributed by atoms with Crippen LogP contribution in [-0.4, -0.2) is 52.2 Å². The van der Waals surface area contributed by atoms with Crippen molar-refractivity contribution in [1.29, 1.82) is 0 Å². The van der Waals surface area contributed by atoms with E-state index in [2.05, 4.69) is 20.6 Å². The summed E-state index contributed by atoms with van der Waals surface area (Å²) >= 11 is 0. The van der Waals surface area contributed by atoms with Crippen molar-refractivity contribution in [1.82, 2.24) is 19.8 Å². The van der Waals surface area contributed by atoms with Crippen molar-refractivity contribution in [3.8, 4) is 0 Å². The molecule has 0 saturated heterocycles. The third-order valence-corrected chi connectivity index (χ3v) is 4.44. The second-order valence-corrected chi connectivity index (χ2v) is 7.53. The first-order valence-corrected chi connectivity index (χ1v) is 9.00. The number of aromatic nitrogens is 4. The summed E-state index contributed by atoms with van der Waals surface area (Å²) in [6.07, 6.45) is 1.81. The molecule has 2 rings (SSSR count). The van der Waals surface area contributed by atoms with Crippen LogP contribution < -0.4 is 5.32 Å². The van der Waals surface area contributed by atoms with Crippen molar-refractivity contribution in [2.45, 2.75) is 44.0 Å². The van der Waals surface area contributed by atoms with Crippen molar-refractivity contribution in [3.63, 3.8) is 0 Å². The second-order valence-electron chi connectivity index (χ2n) is 5.55. The lowest BCUT2D eigenvalue weighted by atomic mass is 10.2. The fourth-order valence-electron chi connectivity index (χ4n) is 2.06. The average Bonchev–Trinajstić information content (AvgIpc) is 2.86. The highest BCUT2D eigenvalue weighted by Gasteiger charge is 2.21. The second kappa shape index (κ2) is 6.17. The summed E-state index contributed by atoms with van der Waals surface area (Å²) in [5.74, 6) is 1.00. The van der Waals surface area contributed by atoms with Crippen LogP contribution in [0.4, 0.5) is 5.82 Å². The molecule has 9 heteroatoms. The highest BCUT2D eigenvalue weighted by Crippen LogP contribution is 2.22. The topological polar surface area (TPSA) is 109 Å². The summed E-state index contributed by atoms with van der Waals surface area (Å²) in [5.41, 5.74) is 0.216. The van der Waals surface area contributed by atoms with Crippen LogP contribution >= 0.6 is 0 Å². The van der Waals surface area contributed by atoms with Gasteiger partial charge in [0.15, 0.2) is 21.3 Å². The zero-order valence-corrected chi connectivity index (χ0v) is 13.9. The quantitative estimate of drug-likeness (QED) is 0.808. The lowest BCUT2D eigenvalue weighted by molar-refractivity contribution is 0.271. The minimum atomic E-state index is -3.48. The van der Waals surface area contributed by atoms with E-state index < -0.39 is 9.84 Å². The maximum absolute atomic E-state index is 12.0. The number of nitrogens with zero attached hydrogens (tertiary/aromatic N) is 4. The summed E-state index contributed by atoms with van der Waals surface area (Å²) in [4.78, 5) is 0.0668. The molecule has 0 bridgehead atoms. The number of anilines is 1. The fourth-order valence-corrected chi connectivity index (χ4v) is 2.84. The Bertz CT molecular complexity index is 765. The molecule has 0 spiro atoms. The average molecular weight is 327 g/mol. The van der Waals surface area contributed by atoms with E-state index in [1.807, 2.05) is 20.8 Å². The molecule has 0 radical (unpaired) electrons. The SMILES string of the molecule is CC[C@H](CO)Nc1cc(S(C)(=O)=O)c2nnc(C(C)C)n2n1. The summed E-state index contributed by atoms with van der Waals surface area (Å²) in [6, 6.07) is 1.23. The van der Waals surface area contributed by atoms with Gasteiger partial charge in [-0.05, 0) is 6.42 Å². The normalized spacial score (nSPS) is 13.7. The van der Waals surface area contributed by atoms with Crippen molar-refractivity contribution in [2.75, 3.05) is 18.2 Å². The highest BCUT2D eigenvalue weighted by atomic mass is 32.2. The summed E-state index contributed by atoms with van der Waals surface area (Å²) in [5, 5.41) is 24.7. The smallest absolute Gasteiger partial charge is 0.196 e. The number of hydrogen-bond acceptors (Lipinski definition) is 7. The van der Waals surface area contributed by atoms with Gasteiger partial charge in [-0.25, -0.2) is 8.42 Å². The van der Waals surface area contributed by atoms with Crippen LogP contribution in [-0.2, 0) is 9.84 Å². The molecule has 2 N–H and O–H groups in total. The molecule has 0 aliphatic heterocycles. The molecule has 0 saturated carbocycles. The summed E-state index contributed by atoms with van der Waals surface area (Å²) in [6.45, 7) is 5.72. The van der Waals surface area contributed by atoms with Crippen LogP contribution in [0.5, 0.6) is 0 Å². The van der Waals surface area contributed by atoms with E-state index in [-0.39, 0.29) is 29.1 Å². The zero-order valence-electron chi connectivity index (χ0n) is 13.1. The molecule has 0 aliphatic carbocycles. The van der Waals surface area contributed by atoms with Gasteiger partial charge >= 0.3 is 0 Å². The maximum Gasteiger partial charge on any atom is 0.196 e. The number of rotatable bonds is 6. The van der Waals surface area contributed by atoms with E-state index in [4.69, 9.17) is 0 Å². The Kier molecular flexibility index (Phi) is 4.66. The van der Waals surface area contributed by atoms with E-state index in [0.717, 1.165) is 6.26 Å². The first kappa shape index (κ1) is 16.6. The lowest BCUT2D eigenvalue weighted by Crippen LogP contribution is -2.24. The van der Waals surface area contributed by atoms with Gasteiger partial charge in [0.05, 0.1) is 12.6 Å². The van der Waals surface area contributed by atoms with Crippen LogP contribution in [0.3, 0.4) is 0 Å². The predicted octanol–water partition coefficient (Wildman–Crippen LogP) is 0.834. The molecule has 0 aliphatic rings. The molecule has 2 aromatic heterocycles. The van der Waals surface area contributed by atoms with E-state index in [9.17, 15) is 13.5 Å². The molecule has 0 aromatic carbocycles. The Morgan fingerprint density at radius 1 is 1.36 bits per heavy atom. The van der Waals surface area contributed by atoms with E-state index in [1.165, 1.54) is 10.6 Å². The van der Waals surface area contributed by atoms with E-state index >= 15 is 0 Å². The Morgan fingerprint density at radius 3 is 2.55 bits per heavy atom. The minimum absolute atomic E-state index is 0.0463. The number of aliphatic hydroxyl groups excluding tert-OH is 1. The Labute approximate surface area is 129 Å². The molecule has 8 nitrogen and oxygen atoms in total. The monoisotopic (exact) mass is 327 g/mol. The van der Waals surface area contributed by atoms with Crippen molar-refractivity contribution in [2.24, 2.45) is 0 Å². The van der Waals surface area contributed by atoms with Crippen LogP contribution in [0.15, 0.2) is 11.0 Å². The lowest BCUT2D eigenvalue weighted by Gasteiger charge is -2.15. The summed E-state index contributed by atoms with van der Waals surface area (Å²) < 4.78 is 25.5. The molecule has 0 fully saturated rings. The van der Waals surface area contributed by atoms with Gasteiger partial charge in [0, 0.05) is 18.2 Å². The van der Waals surface area contributed by atoms with Crippen molar-refractivity contribution >= 4 is 21.3 Å². The summed E-state index contributed by atoms with van der Waals surface area (Å²) in [7, 11) is -3.48. The third kappa shape index (κ3) is 3.20. The molecule has 2 aromatic rings. The van der Waals surface area contributed by atoms with Gasteiger partial charge in [-0.15, -0.1) is 15.3 Å². The van der Waals surface area contributed by atoms with Gasteiger partial charge in [-0.2, -0.15) is 4.52 Å². The maximum atomic E-state index is 12.0. The van der Waals surface area contributed by atoms with Gasteiger partial charge in [0.25, 0.3) is 0 Å². The van der Waals surface area contributed by atoms with Gasteiger partial charge in [-0.3, -0.25) is 0 Å². The third-order valence-electron chi connectivity index (χ3n) is 3.34. The molecular formula is C13H21N5O3S. The first-order chi connectivity index (χ1) is 10.3. The molecule has 2 heterocycles. The predicted molar refractivity (Wildman–Crippen MR) is 82.8 cm³/mol. The molecule has 22 heavy (non-hydrogen) atoms. The van der Waals surface area contributed by atoms with Gasteiger partial charge in [0.1, 0.15) is 10.7 Å². The highest BCUT2D eigenvalue weighted by molar-refractivity contribution is 7.91. The van der Waals surface area contributed by atoms with Gasteiger partial charge in [-0.1, -0.05) is 20.8 Å². The van der Waals surface area contributed by atoms with Gasteiger partial charge in [0.2, 0.25) is 0 Å². The standard InChI is InChI=1S/C13H21N5O3S/c1-5-9(7-19)14-11-6-10(22(4,20)21)13-16-15-12(8(2)3)18(13)17-11/h6,8-9,19H,5,7H2,1-4H3,(H,14,17)/t9-/m1/s1. The minimum Gasteiger partial charge on any atom is -0.394 e. The van der Waals surface area contributed by atoms with Crippen LogP contribution in [0.2, 0.25) is 0 Å². The number of fused-ring (bicyclic) bond motifs is 1. The van der Waals surface area contributed by atoms with Gasteiger partial charge < -0.3 is 10.4 Å². The van der Waals surface area contributed by atoms with E-state index in [1.54, 1.807) is 0 Å². The van der Waals surface area contributed by atoms with Crippen LogP contribution in [0.1, 0.15) is 38.9 Å². The Balaban J connectivity index is 2.66. The largest absolute Gasteiger partial charge is 0.394 e. The Hall–Kier alpha value is -1.74. The fraction of sp³-hybridized carbons (Fsp3) is 0.615. The molecule has 122 valence electrons. The number of aliphatic hydroxyl groups is 1. The molecule has 0 amide bonds. The van der Waals surface area contributed by atoms with E-state index in [0.29, 0.717) is 18.1 Å². The van der Waals surface area contributed by atoms with Crippen LogP contribution in [0.25, 0.3) is 5.65 Å². The van der Waals surface area contributed by atoms with Crippen molar-refractivity contribution in [3.05, 3.63) is 11.9 Å². The molecule has 0 unspecified atom stereocenters.